The zero-order valence-electron chi connectivity index (χ0n) is 15.0. The first-order valence-corrected chi connectivity index (χ1v) is 8.64. The van der Waals surface area contributed by atoms with Gasteiger partial charge in [-0.1, -0.05) is 66.2 Å². The van der Waals surface area contributed by atoms with Crippen molar-refractivity contribution >= 4 is 5.97 Å². The maximum absolute atomic E-state index is 11.6. The lowest BCUT2D eigenvalue weighted by Crippen LogP contribution is -2.29. The quantitative estimate of drug-likeness (QED) is 0.680. The van der Waals surface area contributed by atoms with Crippen LogP contribution < -0.4 is 4.74 Å². The van der Waals surface area contributed by atoms with Gasteiger partial charge in [0.25, 0.3) is 0 Å². The molecule has 0 aliphatic carbocycles. The molecule has 3 heteroatoms. The molecule has 0 saturated carbocycles. The summed E-state index contributed by atoms with van der Waals surface area (Å²) in [5, 5.41) is 9.55. The third-order valence-corrected chi connectivity index (χ3v) is 4.42. The summed E-state index contributed by atoms with van der Waals surface area (Å²) in [5.74, 6) is -0.404. The first kappa shape index (κ1) is 17.7. The molecule has 0 radical (unpaired) electrons. The molecule has 1 atom stereocenters. The maximum atomic E-state index is 11.6. The average molecular weight is 346 g/mol. The first-order valence-electron chi connectivity index (χ1n) is 8.64. The van der Waals surface area contributed by atoms with Crippen molar-refractivity contribution in [1.82, 2.24) is 0 Å². The van der Waals surface area contributed by atoms with E-state index >= 15 is 0 Å². The Morgan fingerprint density at radius 3 is 2.19 bits per heavy atom. The van der Waals surface area contributed by atoms with Crippen molar-refractivity contribution in [2.45, 2.75) is 26.4 Å². The third kappa shape index (κ3) is 4.31. The highest BCUT2D eigenvalue weighted by Crippen LogP contribution is 2.23. The van der Waals surface area contributed by atoms with Gasteiger partial charge in [0.1, 0.15) is 5.75 Å². The van der Waals surface area contributed by atoms with E-state index in [4.69, 9.17) is 4.74 Å². The van der Waals surface area contributed by atoms with E-state index in [0.29, 0.717) is 12.2 Å². The second-order valence-corrected chi connectivity index (χ2v) is 6.47. The summed E-state index contributed by atoms with van der Waals surface area (Å²) < 4.78 is 5.76. The van der Waals surface area contributed by atoms with Crippen LogP contribution in [-0.2, 0) is 11.2 Å². The molecule has 1 unspecified atom stereocenters. The molecule has 0 aliphatic heterocycles. The standard InChI is InChI=1S/C23H22O3/c1-16-8-9-20(17(2)14-16)15-22(23(24)25)26-21-12-10-19(11-13-21)18-6-4-3-5-7-18/h3-14,22H,15H2,1-2H3,(H,24,25). The molecule has 0 aromatic heterocycles. The van der Waals surface area contributed by atoms with E-state index in [0.717, 1.165) is 27.8 Å². The highest BCUT2D eigenvalue weighted by molar-refractivity contribution is 5.73. The number of aryl methyl sites for hydroxylation is 2. The second kappa shape index (κ2) is 7.87. The number of ether oxygens (including phenoxy) is 1. The molecule has 3 rings (SSSR count). The molecule has 26 heavy (non-hydrogen) atoms. The molecular formula is C23H22O3. The number of hydrogen-bond acceptors (Lipinski definition) is 2. The van der Waals surface area contributed by atoms with Gasteiger partial charge in [0.15, 0.2) is 6.10 Å². The van der Waals surface area contributed by atoms with Crippen LogP contribution in [0.15, 0.2) is 72.8 Å². The summed E-state index contributed by atoms with van der Waals surface area (Å²) in [7, 11) is 0. The van der Waals surface area contributed by atoms with E-state index in [2.05, 4.69) is 6.07 Å². The lowest BCUT2D eigenvalue weighted by atomic mass is 10.0. The van der Waals surface area contributed by atoms with Crippen LogP contribution in [0.3, 0.4) is 0 Å². The highest BCUT2D eigenvalue weighted by Gasteiger charge is 2.21. The summed E-state index contributed by atoms with van der Waals surface area (Å²) in [6, 6.07) is 23.6. The van der Waals surface area contributed by atoms with Gasteiger partial charge in [-0.3, -0.25) is 0 Å². The van der Waals surface area contributed by atoms with Crippen molar-refractivity contribution in [2.24, 2.45) is 0 Å². The SMILES string of the molecule is Cc1ccc(CC(Oc2ccc(-c3ccccc3)cc2)C(=O)O)c(C)c1. The van der Waals surface area contributed by atoms with Gasteiger partial charge in [0.2, 0.25) is 0 Å². The summed E-state index contributed by atoms with van der Waals surface area (Å²) >= 11 is 0. The van der Waals surface area contributed by atoms with Crippen LogP contribution in [0.5, 0.6) is 5.75 Å². The molecule has 1 N–H and O–H groups in total. The molecule has 0 aliphatic rings. The lowest BCUT2D eigenvalue weighted by molar-refractivity contribution is -0.145. The van der Waals surface area contributed by atoms with Gasteiger partial charge >= 0.3 is 5.97 Å². The molecule has 0 amide bonds. The van der Waals surface area contributed by atoms with E-state index in [1.54, 1.807) is 0 Å². The number of carboxylic acids is 1. The number of hydrogen-bond donors (Lipinski definition) is 1. The fraction of sp³-hybridized carbons (Fsp3) is 0.174. The molecule has 0 spiro atoms. The Morgan fingerprint density at radius 1 is 0.923 bits per heavy atom. The largest absolute Gasteiger partial charge is 0.478 e. The van der Waals surface area contributed by atoms with Crippen LogP contribution >= 0.6 is 0 Å². The van der Waals surface area contributed by atoms with Crippen LogP contribution in [0.2, 0.25) is 0 Å². The molecule has 0 heterocycles. The number of benzene rings is 3. The predicted molar refractivity (Wildman–Crippen MR) is 104 cm³/mol. The number of carbonyl (C=O) groups is 1. The molecule has 0 bridgehead atoms. The average Bonchev–Trinajstić information content (AvgIpc) is 2.64. The Bertz CT molecular complexity index is 883. The van der Waals surface area contributed by atoms with Crippen LogP contribution in [0.4, 0.5) is 0 Å². The minimum Gasteiger partial charge on any atom is -0.478 e. The predicted octanol–water partition coefficient (Wildman–Crippen LogP) is 5.05. The van der Waals surface area contributed by atoms with Crippen molar-refractivity contribution in [3.63, 3.8) is 0 Å². The van der Waals surface area contributed by atoms with Crippen LogP contribution in [0.1, 0.15) is 16.7 Å². The Labute approximate surface area is 153 Å². The lowest BCUT2D eigenvalue weighted by Gasteiger charge is -2.17. The zero-order chi connectivity index (χ0) is 18.5. The highest BCUT2D eigenvalue weighted by atomic mass is 16.5. The van der Waals surface area contributed by atoms with Crippen molar-refractivity contribution in [2.75, 3.05) is 0 Å². The smallest absolute Gasteiger partial charge is 0.345 e. The monoisotopic (exact) mass is 346 g/mol. The van der Waals surface area contributed by atoms with Gasteiger partial charge in [-0.2, -0.15) is 0 Å². The second-order valence-electron chi connectivity index (χ2n) is 6.47. The van der Waals surface area contributed by atoms with Crippen molar-refractivity contribution in [1.29, 1.82) is 0 Å². The van der Waals surface area contributed by atoms with E-state index in [1.165, 1.54) is 0 Å². The molecule has 132 valence electrons. The maximum Gasteiger partial charge on any atom is 0.345 e. The fourth-order valence-corrected chi connectivity index (χ4v) is 2.97. The van der Waals surface area contributed by atoms with E-state index in [9.17, 15) is 9.90 Å². The fourth-order valence-electron chi connectivity index (χ4n) is 2.97. The van der Waals surface area contributed by atoms with Gasteiger partial charge in [0, 0.05) is 6.42 Å². The molecule has 3 aromatic carbocycles. The molecular weight excluding hydrogens is 324 g/mol. The zero-order valence-corrected chi connectivity index (χ0v) is 15.0. The van der Waals surface area contributed by atoms with Crippen molar-refractivity contribution in [3.8, 4) is 16.9 Å². The number of rotatable bonds is 6. The Hall–Kier alpha value is -3.07. The van der Waals surface area contributed by atoms with Crippen molar-refractivity contribution in [3.05, 3.63) is 89.5 Å². The Kier molecular flexibility index (Phi) is 5.37. The van der Waals surface area contributed by atoms with E-state index in [1.807, 2.05) is 80.6 Å². The Balaban J connectivity index is 1.75. The first-order chi connectivity index (χ1) is 12.5. The number of carboxylic acid groups (broad SMARTS) is 1. The normalized spacial score (nSPS) is 11.8. The van der Waals surface area contributed by atoms with E-state index in [-0.39, 0.29) is 0 Å². The van der Waals surface area contributed by atoms with Gasteiger partial charge < -0.3 is 9.84 Å². The summed E-state index contributed by atoms with van der Waals surface area (Å²) in [5.41, 5.74) is 5.42. The van der Waals surface area contributed by atoms with Crippen LogP contribution in [0, 0.1) is 13.8 Å². The topological polar surface area (TPSA) is 46.5 Å². The van der Waals surface area contributed by atoms with E-state index < -0.39 is 12.1 Å². The molecule has 3 aromatic rings. The summed E-state index contributed by atoms with van der Waals surface area (Å²) in [4.78, 5) is 11.6. The Morgan fingerprint density at radius 2 is 1.58 bits per heavy atom. The molecule has 0 fully saturated rings. The van der Waals surface area contributed by atoms with Gasteiger partial charge in [-0.25, -0.2) is 4.79 Å². The number of aliphatic carboxylic acids is 1. The van der Waals surface area contributed by atoms with Crippen LogP contribution in [0.25, 0.3) is 11.1 Å². The molecule has 3 nitrogen and oxygen atoms in total. The van der Waals surface area contributed by atoms with Crippen LogP contribution in [-0.4, -0.2) is 17.2 Å². The molecule has 0 saturated heterocycles. The van der Waals surface area contributed by atoms with Crippen molar-refractivity contribution < 1.29 is 14.6 Å². The minimum atomic E-state index is -0.961. The van der Waals surface area contributed by atoms with Gasteiger partial charge in [-0.15, -0.1) is 0 Å². The van der Waals surface area contributed by atoms with Gasteiger partial charge in [-0.05, 0) is 48.2 Å². The summed E-state index contributed by atoms with van der Waals surface area (Å²) in [6.45, 7) is 4.02. The summed E-state index contributed by atoms with van der Waals surface area (Å²) in [6.07, 6.45) is -0.582. The third-order valence-electron chi connectivity index (χ3n) is 4.42. The van der Waals surface area contributed by atoms with Gasteiger partial charge in [0.05, 0.1) is 0 Å². The minimum absolute atomic E-state index is 0.335.